The maximum Gasteiger partial charge on any atom is 0.287 e. The smallest absolute Gasteiger partial charge is 0.287 e. The molecule has 0 aliphatic heterocycles. The number of hydrogen-bond acceptors (Lipinski definition) is 3. The predicted molar refractivity (Wildman–Crippen MR) is 92.1 cm³/mol. The van der Waals surface area contributed by atoms with E-state index in [1.165, 1.54) is 22.6 Å². The highest BCUT2D eigenvalue weighted by Crippen LogP contribution is 2.17. The fourth-order valence-electron chi connectivity index (χ4n) is 2.35. The van der Waals surface area contributed by atoms with Crippen LogP contribution in [0, 0.1) is 5.82 Å². The Morgan fingerprint density at radius 3 is 2.68 bits per heavy atom. The lowest BCUT2D eigenvalue weighted by atomic mass is 10.2. The number of carbonyl (C=O) groups excluding carboxylic acids is 2. The van der Waals surface area contributed by atoms with Gasteiger partial charge in [0, 0.05) is 12.7 Å². The number of anilines is 1. The Balaban J connectivity index is 1.99. The summed E-state index contributed by atoms with van der Waals surface area (Å²) >= 11 is 0. The van der Waals surface area contributed by atoms with Crippen molar-refractivity contribution < 1.29 is 14.0 Å². The predicted octanol–water partition coefficient (Wildman–Crippen LogP) is 2.64. The lowest BCUT2D eigenvalue weighted by molar-refractivity contribution is 0.0947. The number of hydrogen-bond donors (Lipinski definition) is 2. The summed E-state index contributed by atoms with van der Waals surface area (Å²) in [4.78, 5) is 28.9. The van der Waals surface area contributed by atoms with E-state index in [-0.39, 0.29) is 23.8 Å². The van der Waals surface area contributed by atoms with E-state index in [4.69, 9.17) is 0 Å². The third-order valence-electron chi connectivity index (χ3n) is 3.50. The van der Waals surface area contributed by atoms with Crippen molar-refractivity contribution in [2.45, 2.75) is 0 Å². The van der Waals surface area contributed by atoms with Crippen LogP contribution in [0.2, 0.25) is 0 Å². The second-order valence-corrected chi connectivity index (χ2v) is 5.17. The zero-order chi connectivity index (χ0) is 17.8. The first-order chi connectivity index (χ1) is 12.1. The average molecular weight is 338 g/mol. The molecule has 25 heavy (non-hydrogen) atoms. The van der Waals surface area contributed by atoms with Gasteiger partial charge in [-0.1, -0.05) is 24.3 Å². The molecule has 0 atom stereocenters. The molecular weight excluding hydrogens is 323 g/mol. The highest BCUT2D eigenvalue weighted by Gasteiger charge is 2.21. The SMILES string of the molecule is C=CCNC(=O)c1nc(C(=O)Nc2ccccc2F)c2ccccn12. The number of pyridine rings is 1. The molecule has 0 bridgehead atoms. The molecule has 7 heteroatoms. The van der Waals surface area contributed by atoms with Crippen LogP contribution in [0.4, 0.5) is 10.1 Å². The van der Waals surface area contributed by atoms with E-state index >= 15 is 0 Å². The van der Waals surface area contributed by atoms with Crippen LogP contribution < -0.4 is 10.6 Å². The first-order valence-corrected chi connectivity index (χ1v) is 7.54. The summed E-state index contributed by atoms with van der Waals surface area (Å²) in [5.74, 6) is -1.53. The Bertz CT molecular complexity index is 965. The topological polar surface area (TPSA) is 75.5 Å². The summed E-state index contributed by atoms with van der Waals surface area (Å²) < 4.78 is 15.2. The molecule has 0 fully saturated rings. The molecule has 6 nitrogen and oxygen atoms in total. The Morgan fingerprint density at radius 2 is 1.92 bits per heavy atom. The second-order valence-electron chi connectivity index (χ2n) is 5.17. The summed E-state index contributed by atoms with van der Waals surface area (Å²) in [6, 6.07) is 10.9. The van der Waals surface area contributed by atoms with Crippen LogP contribution in [0.5, 0.6) is 0 Å². The van der Waals surface area contributed by atoms with Crippen LogP contribution >= 0.6 is 0 Å². The second kappa shape index (κ2) is 6.96. The number of fused-ring (bicyclic) bond motifs is 1. The van der Waals surface area contributed by atoms with Crippen LogP contribution in [0.25, 0.3) is 5.52 Å². The maximum absolute atomic E-state index is 13.7. The van der Waals surface area contributed by atoms with E-state index < -0.39 is 17.6 Å². The van der Waals surface area contributed by atoms with Crippen molar-refractivity contribution in [1.29, 1.82) is 0 Å². The molecule has 2 amide bonds. The lowest BCUT2D eigenvalue weighted by Crippen LogP contribution is -2.25. The van der Waals surface area contributed by atoms with Crippen LogP contribution in [-0.4, -0.2) is 27.7 Å². The van der Waals surface area contributed by atoms with Gasteiger partial charge in [-0.15, -0.1) is 6.58 Å². The summed E-state index contributed by atoms with van der Waals surface area (Å²) in [6.45, 7) is 3.81. The van der Waals surface area contributed by atoms with Gasteiger partial charge in [0.1, 0.15) is 5.82 Å². The molecule has 0 aliphatic rings. The number of nitrogens with one attached hydrogen (secondary N) is 2. The molecule has 0 saturated heterocycles. The number of aromatic nitrogens is 2. The van der Waals surface area contributed by atoms with Crippen molar-refractivity contribution in [3.05, 3.63) is 78.7 Å². The van der Waals surface area contributed by atoms with Crippen molar-refractivity contribution in [2.24, 2.45) is 0 Å². The van der Waals surface area contributed by atoms with Gasteiger partial charge in [-0.05, 0) is 24.3 Å². The van der Waals surface area contributed by atoms with Crippen LogP contribution in [0.3, 0.4) is 0 Å². The Morgan fingerprint density at radius 1 is 1.16 bits per heavy atom. The van der Waals surface area contributed by atoms with Crippen molar-refractivity contribution in [3.63, 3.8) is 0 Å². The zero-order valence-corrected chi connectivity index (χ0v) is 13.2. The largest absolute Gasteiger partial charge is 0.346 e. The molecule has 2 heterocycles. The number of rotatable bonds is 5. The van der Waals surface area contributed by atoms with Gasteiger partial charge >= 0.3 is 0 Å². The van der Waals surface area contributed by atoms with E-state index in [9.17, 15) is 14.0 Å². The molecule has 0 radical (unpaired) electrons. The number of para-hydroxylation sites is 1. The van der Waals surface area contributed by atoms with Gasteiger partial charge in [0.05, 0.1) is 11.2 Å². The highest BCUT2D eigenvalue weighted by molar-refractivity contribution is 6.09. The number of halogens is 1. The Hall–Kier alpha value is -3.48. The molecule has 3 aromatic rings. The third-order valence-corrected chi connectivity index (χ3v) is 3.50. The fourth-order valence-corrected chi connectivity index (χ4v) is 2.35. The van der Waals surface area contributed by atoms with E-state index in [2.05, 4.69) is 22.2 Å². The fraction of sp³-hybridized carbons (Fsp3) is 0.0556. The minimum atomic E-state index is -0.600. The minimum Gasteiger partial charge on any atom is -0.346 e. The number of carbonyl (C=O) groups is 2. The molecule has 3 rings (SSSR count). The number of amides is 2. The molecule has 0 saturated carbocycles. The van der Waals surface area contributed by atoms with E-state index in [0.717, 1.165) is 0 Å². The molecule has 0 aliphatic carbocycles. The van der Waals surface area contributed by atoms with Gasteiger partial charge < -0.3 is 10.6 Å². The van der Waals surface area contributed by atoms with Crippen molar-refractivity contribution in [2.75, 3.05) is 11.9 Å². The quantitative estimate of drug-likeness (QED) is 0.702. The molecule has 2 aromatic heterocycles. The summed E-state index contributed by atoms with van der Waals surface area (Å²) in [5, 5.41) is 5.10. The first kappa shape index (κ1) is 16.4. The van der Waals surface area contributed by atoms with E-state index in [1.54, 1.807) is 36.5 Å². The van der Waals surface area contributed by atoms with Gasteiger partial charge in [0.15, 0.2) is 5.69 Å². The van der Waals surface area contributed by atoms with Crippen molar-refractivity contribution in [3.8, 4) is 0 Å². The molecule has 0 spiro atoms. The Labute approximate surface area is 143 Å². The number of benzene rings is 1. The summed E-state index contributed by atoms with van der Waals surface area (Å²) in [5.41, 5.74) is 0.523. The standard InChI is InChI=1S/C18H15FN4O2/c1-2-10-20-18(25)16-22-15(14-9-5-6-11-23(14)16)17(24)21-13-8-4-3-7-12(13)19/h2-9,11H,1,10H2,(H,20,25)(H,21,24). The normalized spacial score (nSPS) is 10.4. The van der Waals surface area contributed by atoms with Gasteiger partial charge in [-0.3, -0.25) is 14.0 Å². The monoisotopic (exact) mass is 338 g/mol. The highest BCUT2D eigenvalue weighted by atomic mass is 19.1. The minimum absolute atomic E-state index is 0.0348. The van der Waals surface area contributed by atoms with E-state index in [0.29, 0.717) is 5.52 Å². The molecule has 2 N–H and O–H groups in total. The number of nitrogens with zero attached hydrogens (tertiary/aromatic N) is 2. The maximum atomic E-state index is 13.7. The van der Waals surface area contributed by atoms with Crippen LogP contribution in [-0.2, 0) is 0 Å². The first-order valence-electron chi connectivity index (χ1n) is 7.54. The molecular formula is C18H15FN4O2. The van der Waals surface area contributed by atoms with Gasteiger partial charge in [0.25, 0.3) is 11.8 Å². The van der Waals surface area contributed by atoms with Gasteiger partial charge in [-0.2, -0.15) is 0 Å². The number of imidazole rings is 1. The molecule has 0 unspecified atom stereocenters. The summed E-state index contributed by atoms with van der Waals surface area (Å²) in [7, 11) is 0. The molecule has 126 valence electrons. The van der Waals surface area contributed by atoms with Crippen molar-refractivity contribution >= 4 is 23.0 Å². The van der Waals surface area contributed by atoms with Crippen LogP contribution in [0.15, 0.2) is 61.3 Å². The van der Waals surface area contributed by atoms with Crippen molar-refractivity contribution in [1.82, 2.24) is 14.7 Å². The van der Waals surface area contributed by atoms with Crippen LogP contribution in [0.1, 0.15) is 21.1 Å². The van der Waals surface area contributed by atoms with Gasteiger partial charge in [0.2, 0.25) is 5.82 Å². The zero-order valence-electron chi connectivity index (χ0n) is 13.2. The Kier molecular flexibility index (Phi) is 4.56. The third kappa shape index (κ3) is 3.25. The van der Waals surface area contributed by atoms with E-state index in [1.807, 2.05) is 0 Å². The average Bonchev–Trinajstić information content (AvgIpc) is 3.01. The van der Waals surface area contributed by atoms with Gasteiger partial charge in [-0.25, -0.2) is 9.37 Å². The molecule has 1 aromatic carbocycles. The summed E-state index contributed by atoms with van der Waals surface area (Å²) in [6.07, 6.45) is 3.17. The lowest BCUT2D eigenvalue weighted by Gasteiger charge is -2.04.